The number of methoxy groups -OCH3 is 1. The average molecular weight is 365 g/mol. The number of rotatable bonds is 4. The summed E-state index contributed by atoms with van der Waals surface area (Å²) in [6.07, 6.45) is 1.65. The summed E-state index contributed by atoms with van der Waals surface area (Å²) in [7, 11) is -2.40. The molecule has 3 rings (SSSR count). The van der Waals surface area contributed by atoms with Gasteiger partial charge in [-0.3, -0.25) is 0 Å². The number of carbonyl (C=O) groups is 1. The fourth-order valence-corrected chi connectivity index (χ4v) is 5.91. The first kappa shape index (κ1) is 17.1. The van der Waals surface area contributed by atoms with Gasteiger partial charge in [0.25, 0.3) is 0 Å². The van der Waals surface area contributed by atoms with E-state index in [0.717, 1.165) is 17.7 Å². The van der Waals surface area contributed by atoms with Crippen LogP contribution in [0.2, 0.25) is 0 Å². The molecule has 1 aromatic heterocycles. The normalized spacial score (nSPS) is 18.7. The number of ether oxygens (including phenoxy) is 1. The second-order valence-electron chi connectivity index (χ2n) is 5.76. The predicted octanol–water partition coefficient (Wildman–Crippen LogP) is 3.37. The number of thiophene rings is 1. The van der Waals surface area contributed by atoms with E-state index in [1.54, 1.807) is 34.7 Å². The summed E-state index contributed by atoms with van der Waals surface area (Å²) in [6.45, 7) is 2.23. The highest BCUT2D eigenvalue weighted by Gasteiger charge is 2.37. The van der Waals surface area contributed by atoms with E-state index in [-0.39, 0.29) is 16.5 Å². The highest BCUT2D eigenvalue weighted by Crippen LogP contribution is 2.39. The average Bonchev–Trinajstić information content (AvgIpc) is 3.25. The van der Waals surface area contributed by atoms with Crippen molar-refractivity contribution in [2.75, 3.05) is 13.7 Å². The molecule has 0 saturated carbocycles. The van der Waals surface area contributed by atoms with Gasteiger partial charge >= 0.3 is 5.97 Å². The van der Waals surface area contributed by atoms with Gasteiger partial charge in [0.05, 0.1) is 23.6 Å². The molecular formula is C17H19NO4S2. The third-order valence-electron chi connectivity index (χ3n) is 4.27. The van der Waals surface area contributed by atoms with Crippen molar-refractivity contribution >= 4 is 27.3 Å². The van der Waals surface area contributed by atoms with Crippen molar-refractivity contribution in [1.29, 1.82) is 0 Å². The molecule has 2 heterocycles. The van der Waals surface area contributed by atoms with Gasteiger partial charge in [-0.05, 0) is 48.9 Å². The Bertz CT molecular complexity index is 843. The summed E-state index contributed by atoms with van der Waals surface area (Å²) >= 11 is 1.57. The van der Waals surface area contributed by atoms with Gasteiger partial charge in [0.15, 0.2) is 0 Å². The molecule has 0 radical (unpaired) electrons. The number of aryl methyl sites for hydroxylation is 1. The monoisotopic (exact) mass is 365 g/mol. The number of hydrogen-bond acceptors (Lipinski definition) is 5. The third-order valence-corrected chi connectivity index (χ3v) is 7.29. The lowest BCUT2D eigenvalue weighted by Crippen LogP contribution is -2.31. The van der Waals surface area contributed by atoms with Crippen LogP contribution in [0.1, 0.15) is 39.7 Å². The van der Waals surface area contributed by atoms with E-state index < -0.39 is 16.0 Å². The Balaban J connectivity index is 2.03. The molecule has 0 N–H and O–H groups in total. The Morgan fingerprint density at radius 3 is 2.79 bits per heavy atom. The van der Waals surface area contributed by atoms with E-state index in [0.29, 0.717) is 12.1 Å². The Kier molecular flexibility index (Phi) is 4.76. The fraction of sp³-hybridized carbons (Fsp3) is 0.353. The molecule has 5 nitrogen and oxygen atoms in total. The third kappa shape index (κ3) is 2.99. The quantitative estimate of drug-likeness (QED) is 0.779. The summed E-state index contributed by atoms with van der Waals surface area (Å²) < 4.78 is 32.7. The van der Waals surface area contributed by atoms with E-state index in [1.807, 2.05) is 17.5 Å². The first-order chi connectivity index (χ1) is 11.4. The summed E-state index contributed by atoms with van der Waals surface area (Å²) in [6, 6.07) is 8.43. The molecule has 2 aromatic rings. The number of sulfonamides is 1. The molecule has 1 unspecified atom stereocenters. The van der Waals surface area contributed by atoms with Crippen molar-refractivity contribution < 1.29 is 17.9 Å². The van der Waals surface area contributed by atoms with E-state index >= 15 is 0 Å². The van der Waals surface area contributed by atoms with Crippen LogP contribution in [-0.4, -0.2) is 32.3 Å². The Hall–Kier alpha value is -1.70. The molecule has 1 aliphatic rings. The van der Waals surface area contributed by atoms with Crippen LogP contribution < -0.4 is 0 Å². The maximum absolute atomic E-state index is 13.2. The Labute approximate surface area is 145 Å². The number of esters is 1. The van der Waals surface area contributed by atoms with Crippen molar-refractivity contribution in [3.8, 4) is 0 Å². The highest BCUT2D eigenvalue weighted by atomic mass is 32.2. The lowest BCUT2D eigenvalue weighted by molar-refractivity contribution is 0.0600. The second kappa shape index (κ2) is 6.66. The summed E-state index contributed by atoms with van der Waals surface area (Å²) in [5.41, 5.74) is 0.869. The van der Waals surface area contributed by atoms with Crippen LogP contribution in [0.5, 0.6) is 0 Å². The van der Waals surface area contributed by atoms with Crippen LogP contribution in [0, 0.1) is 6.92 Å². The molecule has 1 aliphatic heterocycles. The minimum atomic E-state index is -3.68. The van der Waals surface area contributed by atoms with Crippen molar-refractivity contribution in [3.63, 3.8) is 0 Å². The van der Waals surface area contributed by atoms with Crippen molar-refractivity contribution in [2.24, 2.45) is 0 Å². The molecule has 1 saturated heterocycles. The first-order valence-corrected chi connectivity index (χ1v) is 10.0. The van der Waals surface area contributed by atoms with E-state index in [4.69, 9.17) is 4.74 Å². The molecule has 7 heteroatoms. The molecule has 0 amide bonds. The summed E-state index contributed by atoms with van der Waals surface area (Å²) in [4.78, 5) is 13.0. The van der Waals surface area contributed by atoms with E-state index in [1.165, 1.54) is 13.2 Å². The molecule has 0 aliphatic carbocycles. The molecule has 128 valence electrons. The lowest BCUT2D eigenvalue weighted by atomic mass is 10.1. The van der Waals surface area contributed by atoms with Gasteiger partial charge < -0.3 is 4.74 Å². The zero-order valence-corrected chi connectivity index (χ0v) is 15.2. The summed E-state index contributed by atoms with van der Waals surface area (Å²) in [5.74, 6) is -0.539. The number of hydrogen-bond donors (Lipinski definition) is 0. The SMILES string of the molecule is COC(=O)c1ccc(C)c(S(=O)(=O)N2CCCC2c2cccs2)c1. The van der Waals surface area contributed by atoms with Crippen LogP contribution in [0.25, 0.3) is 0 Å². The van der Waals surface area contributed by atoms with Gasteiger partial charge in [0.1, 0.15) is 0 Å². The van der Waals surface area contributed by atoms with Crippen LogP contribution in [0.4, 0.5) is 0 Å². The maximum atomic E-state index is 13.2. The lowest BCUT2D eigenvalue weighted by Gasteiger charge is -2.24. The second-order valence-corrected chi connectivity index (χ2v) is 8.60. The van der Waals surface area contributed by atoms with Crippen LogP contribution in [0.15, 0.2) is 40.6 Å². The minimum absolute atomic E-state index is 0.129. The van der Waals surface area contributed by atoms with Gasteiger partial charge in [-0.1, -0.05) is 12.1 Å². The van der Waals surface area contributed by atoms with Gasteiger partial charge in [-0.25, -0.2) is 13.2 Å². The van der Waals surface area contributed by atoms with Crippen molar-refractivity contribution in [1.82, 2.24) is 4.31 Å². The molecule has 0 bridgehead atoms. The predicted molar refractivity (Wildman–Crippen MR) is 92.7 cm³/mol. The van der Waals surface area contributed by atoms with Crippen molar-refractivity contribution in [3.05, 3.63) is 51.7 Å². The number of benzene rings is 1. The fourth-order valence-electron chi connectivity index (χ4n) is 3.04. The highest BCUT2D eigenvalue weighted by molar-refractivity contribution is 7.89. The van der Waals surface area contributed by atoms with Crippen LogP contribution in [-0.2, 0) is 14.8 Å². The van der Waals surface area contributed by atoms with Crippen LogP contribution >= 0.6 is 11.3 Å². The minimum Gasteiger partial charge on any atom is -0.465 e. The molecule has 1 atom stereocenters. The number of nitrogens with zero attached hydrogens (tertiary/aromatic N) is 1. The van der Waals surface area contributed by atoms with E-state index in [9.17, 15) is 13.2 Å². The smallest absolute Gasteiger partial charge is 0.337 e. The molecule has 1 aromatic carbocycles. The maximum Gasteiger partial charge on any atom is 0.337 e. The van der Waals surface area contributed by atoms with Gasteiger partial charge in [0.2, 0.25) is 10.0 Å². The van der Waals surface area contributed by atoms with Crippen molar-refractivity contribution in [2.45, 2.75) is 30.7 Å². The standard InChI is InChI=1S/C17H19NO4S2/c1-12-7-8-13(17(19)22-2)11-16(12)24(20,21)18-9-3-5-14(18)15-6-4-10-23-15/h4,6-8,10-11,14H,3,5,9H2,1-2H3. The Morgan fingerprint density at radius 2 is 2.12 bits per heavy atom. The molecular weight excluding hydrogens is 346 g/mol. The molecule has 0 spiro atoms. The first-order valence-electron chi connectivity index (χ1n) is 7.69. The Morgan fingerprint density at radius 1 is 1.33 bits per heavy atom. The van der Waals surface area contributed by atoms with E-state index in [2.05, 4.69) is 0 Å². The van der Waals surface area contributed by atoms with Gasteiger partial charge in [-0.2, -0.15) is 4.31 Å². The topological polar surface area (TPSA) is 63.7 Å². The number of carbonyl (C=O) groups excluding carboxylic acids is 1. The van der Waals surface area contributed by atoms with Gasteiger partial charge in [0, 0.05) is 11.4 Å². The summed E-state index contributed by atoms with van der Waals surface area (Å²) in [5, 5.41) is 1.96. The zero-order chi connectivity index (χ0) is 17.3. The molecule has 1 fully saturated rings. The van der Waals surface area contributed by atoms with Gasteiger partial charge in [-0.15, -0.1) is 11.3 Å². The van der Waals surface area contributed by atoms with Crippen LogP contribution in [0.3, 0.4) is 0 Å². The zero-order valence-electron chi connectivity index (χ0n) is 13.6. The molecule has 24 heavy (non-hydrogen) atoms. The largest absolute Gasteiger partial charge is 0.465 e.